The lowest BCUT2D eigenvalue weighted by atomic mass is 10.0. The molecule has 0 bridgehead atoms. The van der Waals surface area contributed by atoms with E-state index in [-0.39, 0.29) is 5.91 Å². The third kappa shape index (κ3) is 5.35. The van der Waals surface area contributed by atoms with Crippen LogP contribution in [0.3, 0.4) is 0 Å². The Morgan fingerprint density at radius 2 is 1.79 bits per heavy atom. The lowest BCUT2D eigenvalue weighted by molar-refractivity contribution is -0.127. The Morgan fingerprint density at radius 1 is 1.12 bits per heavy atom. The average Bonchev–Trinajstić information content (AvgIpc) is 2.49. The van der Waals surface area contributed by atoms with Gasteiger partial charge in [0.1, 0.15) is 5.75 Å². The van der Waals surface area contributed by atoms with E-state index < -0.39 is 6.10 Å². The van der Waals surface area contributed by atoms with Gasteiger partial charge in [-0.1, -0.05) is 37.9 Å². The number of nitrogens with one attached hydrogen (secondary N) is 1. The Labute approximate surface area is 160 Å². The van der Waals surface area contributed by atoms with Gasteiger partial charge in [0.2, 0.25) is 0 Å². The first-order valence-corrected chi connectivity index (χ1v) is 9.41. The van der Waals surface area contributed by atoms with Gasteiger partial charge in [0.05, 0.1) is 0 Å². The molecule has 1 N–H and O–H groups in total. The molecule has 3 nitrogen and oxygen atoms in total. The van der Waals surface area contributed by atoms with E-state index >= 15 is 0 Å². The minimum absolute atomic E-state index is 0.109. The molecule has 0 aliphatic rings. The second-order valence-corrected chi connectivity index (χ2v) is 7.61. The summed E-state index contributed by atoms with van der Waals surface area (Å²) in [5.74, 6) is 0.564. The molecule has 2 rings (SSSR count). The maximum Gasteiger partial charge on any atom is 0.260 e. The van der Waals surface area contributed by atoms with E-state index in [0.29, 0.717) is 12.3 Å². The fraction of sp³-hybridized carbons (Fsp3) is 0.316. The van der Waals surface area contributed by atoms with Crippen molar-refractivity contribution in [2.24, 2.45) is 0 Å². The predicted octanol–water partition coefficient (Wildman–Crippen LogP) is 4.95. The first-order valence-electron chi connectivity index (χ1n) is 7.82. The van der Waals surface area contributed by atoms with Crippen LogP contribution in [-0.4, -0.2) is 18.6 Å². The standard InChI is InChI=1S/C19H21Br2NO2/c1-12-9-16(21)10-13(2)18(12)7-8-22-19(23)14(3)24-17-6-4-5-15(20)11-17/h4-6,9-11,14H,7-8H2,1-3H3,(H,22,23). The highest BCUT2D eigenvalue weighted by Crippen LogP contribution is 2.21. The number of hydrogen-bond acceptors (Lipinski definition) is 2. The van der Waals surface area contributed by atoms with E-state index in [2.05, 4.69) is 63.2 Å². The lowest BCUT2D eigenvalue weighted by Crippen LogP contribution is -2.37. The number of carbonyl (C=O) groups excluding carboxylic acids is 1. The van der Waals surface area contributed by atoms with Gasteiger partial charge in [0, 0.05) is 15.5 Å². The van der Waals surface area contributed by atoms with Crippen LogP contribution in [-0.2, 0) is 11.2 Å². The highest BCUT2D eigenvalue weighted by Gasteiger charge is 2.14. The molecular formula is C19H21Br2NO2. The summed E-state index contributed by atoms with van der Waals surface area (Å²) >= 11 is 6.90. The summed E-state index contributed by atoms with van der Waals surface area (Å²) in [5, 5.41) is 2.95. The van der Waals surface area contributed by atoms with E-state index in [1.54, 1.807) is 6.92 Å². The summed E-state index contributed by atoms with van der Waals surface area (Å²) < 4.78 is 7.68. The summed E-state index contributed by atoms with van der Waals surface area (Å²) in [6.45, 7) is 6.53. The summed E-state index contributed by atoms with van der Waals surface area (Å²) in [5.41, 5.74) is 3.74. The summed E-state index contributed by atoms with van der Waals surface area (Å²) in [4.78, 5) is 12.2. The molecule has 1 unspecified atom stereocenters. The van der Waals surface area contributed by atoms with Crippen molar-refractivity contribution in [3.63, 3.8) is 0 Å². The fourth-order valence-electron chi connectivity index (χ4n) is 2.59. The Bertz CT molecular complexity index is 708. The topological polar surface area (TPSA) is 38.3 Å². The highest BCUT2D eigenvalue weighted by atomic mass is 79.9. The maximum absolute atomic E-state index is 12.2. The van der Waals surface area contributed by atoms with Crippen LogP contribution < -0.4 is 10.1 Å². The van der Waals surface area contributed by atoms with Crippen LogP contribution in [0, 0.1) is 13.8 Å². The number of carbonyl (C=O) groups is 1. The van der Waals surface area contributed by atoms with Gasteiger partial charge in [0.25, 0.3) is 5.91 Å². The molecule has 0 heterocycles. The van der Waals surface area contributed by atoms with Gasteiger partial charge in [-0.05, 0) is 74.2 Å². The Balaban J connectivity index is 1.87. The fourth-order valence-corrected chi connectivity index (χ4v) is 3.65. The average molecular weight is 455 g/mol. The Morgan fingerprint density at radius 3 is 2.42 bits per heavy atom. The van der Waals surface area contributed by atoms with E-state index in [9.17, 15) is 4.79 Å². The van der Waals surface area contributed by atoms with Crippen LogP contribution in [0.15, 0.2) is 45.3 Å². The predicted molar refractivity (Wildman–Crippen MR) is 105 cm³/mol. The largest absolute Gasteiger partial charge is 0.481 e. The quantitative estimate of drug-likeness (QED) is 0.670. The van der Waals surface area contributed by atoms with Crippen molar-refractivity contribution >= 4 is 37.8 Å². The number of ether oxygens (including phenoxy) is 1. The first kappa shape index (κ1) is 19.0. The van der Waals surface area contributed by atoms with E-state index in [1.165, 1.54) is 16.7 Å². The SMILES string of the molecule is Cc1cc(Br)cc(C)c1CCNC(=O)C(C)Oc1cccc(Br)c1. The molecule has 0 aromatic heterocycles. The summed E-state index contributed by atoms with van der Waals surface area (Å²) in [7, 11) is 0. The zero-order chi connectivity index (χ0) is 17.7. The number of hydrogen-bond donors (Lipinski definition) is 1. The molecular weight excluding hydrogens is 434 g/mol. The number of aryl methyl sites for hydroxylation is 2. The monoisotopic (exact) mass is 453 g/mol. The highest BCUT2D eigenvalue weighted by molar-refractivity contribution is 9.10. The van der Waals surface area contributed by atoms with Crippen molar-refractivity contribution in [3.8, 4) is 5.75 Å². The minimum atomic E-state index is -0.536. The normalized spacial score (nSPS) is 11.9. The smallest absolute Gasteiger partial charge is 0.260 e. The van der Waals surface area contributed by atoms with E-state index in [1.807, 2.05) is 24.3 Å². The van der Waals surface area contributed by atoms with Crippen molar-refractivity contribution in [1.82, 2.24) is 5.32 Å². The van der Waals surface area contributed by atoms with Crippen molar-refractivity contribution in [2.75, 3.05) is 6.54 Å². The van der Waals surface area contributed by atoms with Crippen LogP contribution >= 0.6 is 31.9 Å². The van der Waals surface area contributed by atoms with E-state index in [4.69, 9.17) is 4.74 Å². The van der Waals surface area contributed by atoms with Gasteiger partial charge < -0.3 is 10.1 Å². The van der Waals surface area contributed by atoms with Gasteiger partial charge in [-0.15, -0.1) is 0 Å². The molecule has 1 amide bonds. The van der Waals surface area contributed by atoms with Gasteiger partial charge >= 0.3 is 0 Å². The van der Waals surface area contributed by atoms with Crippen LogP contribution in [0.2, 0.25) is 0 Å². The van der Waals surface area contributed by atoms with E-state index in [0.717, 1.165) is 15.4 Å². The first-order chi connectivity index (χ1) is 11.4. The zero-order valence-electron chi connectivity index (χ0n) is 14.0. The molecule has 1 atom stereocenters. The third-order valence-electron chi connectivity index (χ3n) is 3.81. The molecule has 24 heavy (non-hydrogen) atoms. The maximum atomic E-state index is 12.2. The molecule has 0 saturated heterocycles. The number of halogens is 2. The van der Waals surface area contributed by atoms with Crippen molar-refractivity contribution < 1.29 is 9.53 Å². The molecule has 0 radical (unpaired) electrons. The van der Waals surface area contributed by atoms with Crippen LogP contribution in [0.25, 0.3) is 0 Å². The third-order valence-corrected chi connectivity index (χ3v) is 4.76. The van der Waals surface area contributed by atoms with Crippen LogP contribution in [0.1, 0.15) is 23.6 Å². The van der Waals surface area contributed by atoms with Gasteiger partial charge in [-0.3, -0.25) is 4.79 Å². The summed E-state index contributed by atoms with van der Waals surface area (Å²) in [6.07, 6.45) is 0.270. The molecule has 5 heteroatoms. The lowest BCUT2D eigenvalue weighted by Gasteiger charge is -2.16. The second kappa shape index (κ2) is 8.67. The van der Waals surface area contributed by atoms with Gasteiger partial charge in [-0.25, -0.2) is 0 Å². The summed E-state index contributed by atoms with van der Waals surface area (Å²) in [6, 6.07) is 11.7. The molecule has 0 fully saturated rings. The molecule has 0 aliphatic carbocycles. The second-order valence-electron chi connectivity index (χ2n) is 5.78. The number of rotatable bonds is 6. The van der Waals surface area contributed by atoms with Crippen molar-refractivity contribution in [2.45, 2.75) is 33.3 Å². The molecule has 2 aromatic carbocycles. The zero-order valence-corrected chi connectivity index (χ0v) is 17.2. The van der Waals surface area contributed by atoms with Crippen molar-refractivity contribution in [1.29, 1.82) is 0 Å². The Kier molecular flexibility index (Phi) is 6.87. The van der Waals surface area contributed by atoms with Crippen molar-refractivity contribution in [3.05, 3.63) is 62.0 Å². The molecule has 0 spiro atoms. The van der Waals surface area contributed by atoms with Crippen LogP contribution in [0.4, 0.5) is 0 Å². The van der Waals surface area contributed by atoms with Gasteiger partial charge in [0.15, 0.2) is 6.10 Å². The van der Waals surface area contributed by atoms with Gasteiger partial charge in [-0.2, -0.15) is 0 Å². The minimum Gasteiger partial charge on any atom is -0.481 e. The Hall–Kier alpha value is -1.33. The molecule has 2 aromatic rings. The number of amides is 1. The molecule has 0 saturated carbocycles. The van der Waals surface area contributed by atoms with Crippen LogP contribution in [0.5, 0.6) is 5.75 Å². The molecule has 0 aliphatic heterocycles. The number of benzene rings is 2. The molecule has 128 valence electrons.